The monoisotopic (exact) mass is 387 g/mol. The van der Waals surface area contributed by atoms with Gasteiger partial charge in [-0.15, -0.1) is 0 Å². The number of benzene rings is 1. The first kappa shape index (κ1) is 19.7. The molecule has 0 aliphatic carbocycles. The first-order valence-corrected chi connectivity index (χ1v) is 7.73. The van der Waals surface area contributed by atoms with Crippen LogP contribution in [-0.4, -0.2) is 26.4 Å². The molecule has 1 aromatic carbocycles. The van der Waals surface area contributed by atoms with Crippen LogP contribution in [0.4, 0.5) is 8.78 Å². The van der Waals surface area contributed by atoms with Crippen LogP contribution >= 0.6 is 15.9 Å². The minimum absolute atomic E-state index is 0.0926. The van der Waals surface area contributed by atoms with Crippen LogP contribution in [0.3, 0.4) is 0 Å². The Morgan fingerprint density at radius 1 is 0.913 bits per heavy atom. The van der Waals surface area contributed by atoms with Crippen molar-refractivity contribution in [2.45, 2.75) is 38.9 Å². The lowest BCUT2D eigenvalue weighted by Crippen LogP contribution is -2.44. The van der Waals surface area contributed by atoms with Crippen molar-refractivity contribution in [2.24, 2.45) is 0 Å². The predicted molar refractivity (Wildman–Crippen MR) is 89.9 cm³/mol. The van der Waals surface area contributed by atoms with Crippen LogP contribution in [0.1, 0.15) is 27.7 Å². The maximum absolute atomic E-state index is 13.3. The molecule has 0 atom stereocenters. The van der Waals surface area contributed by atoms with Gasteiger partial charge in [0.1, 0.15) is 11.6 Å². The quantitative estimate of drug-likeness (QED) is 0.806. The van der Waals surface area contributed by atoms with E-state index in [1.807, 2.05) is 0 Å². The van der Waals surface area contributed by atoms with E-state index >= 15 is 0 Å². The average molecular weight is 388 g/mol. The highest BCUT2D eigenvalue weighted by atomic mass is 79.9. The molecule has 23 heavy (non-hydrogen) atoms. The second kappa shape index (κ2) is 7.47. The summed E-state index contributed by atoms with van der Waals surface area (Å²) in [7, 11) is 0. The SMILES string of the molecule is CC(C)(O)C(C)(C)O.Fc1cccc(F)c1-c1ccc(Br)cn1. The molecule has 2 N–H and O–H groups in total. The number of hydrogen-bond acceptors (Lipinski definition) is 3. The Morgan fingerprint density at radius 3 is 1.74 bits per heavy atom. The summed E-state index contributed by atoms with van der Waals surface area (Å²) in [6, 6.07) is 7.00. The summed E-state index contributed by atoms with van der Waals surface area (Å²) in [4.78, 5) is 3.94. The van der Waals surface area contributed by atoms with Gasteiger partial charge in [-0.3, -0.25) is 4.98 Å². The Bertz CT molecular complexity index is 615. The molecular formula is C17H20BrF2NO2. The Labute approximate surface area is 143 Å². The standard InChI is InChI=1S/C11H6BrF2N.C6H14O2/c12-7-4-5-10(15-6-7)11-8(13)2-1-3-9(11)14;1-5(2,7)6(3,4)8/h1-6H;7-8H,1-4H3. The molecule has 0 saturated carbocycles. The van der Waals surface area contributed by atoms with Crippen molar-refractivity contribution in [1.82, 2.24) is 4.98 Å². The van der Waals surface area contributed by atoms with E-state index in [4.69, 9.17) is 10.2 Å². The molecule has 0 spiro atoms. The largest absolute Gasteiger partial charge is 0.387 e. The Hall–Kier alpha value is -1.37. The highest BCUT2D eigenvalue weighted by Crippen LogP contribution is 2.24. The summed E-state index contributed by atoms with van der Waals surface area (Å²) in [5.74, 6) is -1.21. The molecule has 0 amide bonds. The van der Waals surface area contributed by atoms with Crippen LogP contribution in [0, 0.1) is 11.6 Å². The summed E-state index contributed by atoms with van der Waals surface area (Å²) in [6.07, 6.45) is 1.50. The van der Waals surface area contributed by atoms with Crippen molar-refractivity contribution in [3.63, 3.8) is 0 Å². The second-order valence-corrected chi connectivity index (χ2v) is 6.99. The number of nitrogens with zero attached hydrogens (tertiary/aromatic N) is 1. The van der Waals surface area contributed by atoms with Crippen LogP contribution in [0.5, 0.6) is 0 Å². The van der Waals surface area contributed by atoms with Crippen molar-refractivity contribution >= 4 is 15.9 Å². The van der Waals surface area contributed by atoms with Gasteiger partial charge in [-0.25, -0.2) is 8.78 Å². The lowest BCUT2D eigenvalue weighted by atomic mass is 9.90. The average Bonchev–Trinajstić information content (AvgIpc) is 2.39. The second-order valence-electron chi connectivity index (χ2n) is 6.08. The van der Waals surface area contributed by atoms with Gasteiger partial charge in [-0.05, 0) is 67.9 Å². The van der Waals surface area contributed by atoms with E-state index in [1.165, 1.54) is 24.4 Å². The van der Waals surface area contributed by atoms with Gasteiger partial charge >= 0.3 is 0 Å². The first-order valence-electron chi connectivity index (χ1n) is 6.94. The summed E-state index contributed by atoms with van der Waals surface area (Å²) in [5, 5.41) is 18.2. The third-order valence-corrected chi connectivity index (χ3v) is 3.91. The van der Waals surface area contributed by atoms with E-state index in [0.29, 0.717) is 0 Å². The molecule has 1 heterocycles. The molecular weight excluding hydrogens is 368 g/mol. The predicted octanol–water partition coefficient (Wildman–Crippen LogP) is 4.32. The Kier molecular flexibility index (Phi) is 6.39. The summed E-state index contributed by atoms with van der Waals surface area (Å²) < 4.78 is 27.5. The summed E-state index contributed by atoms with van der Waals surface area (Å²) in [6.45, 7) is 6.31. The summed E-state index contributed by atoms with van der Waals surface area (Å²) in [5.41, 5.74) is -1.82. The number of halogens is 3. The Balaban J connectivity index is 0.000000284. The smallest absolute Gasteiger partial charge is 0.135 e. The highest BCUT2D eigenvalue weighted by Gasteiger charge is 2.31. The van der Waals surface area contributed by atoms with Gasteiger partial charge in [-0.1, -0.05) is 6.07 Å². The number of aliphatic hydroxyl groups is 2. The molecule has 1 aromatic heterocycles. The van der Waals surface area contributed by atoms with Gasteiger partial charge in [0, 0.05) is 10.7 Å². The third-order valence-electron chi connectivity index (χ3n) is 3.44. The van der Waals surface area contributed by atoms with Crippen LogP contribution in [0.15, 0.2) is 41.0 Å². The van der Waals surface area contributed by atoms with E-state index < -0.39 is 22.8 Å². The number of pyridine rings is 1. The molecule has 2 rings (SSSR count). The van der Waals surface area contributed by atoms with Gasteiger partial charge < -0.3 is 10.2 Å². The third kappa shape index (κ3) is 5.64. The zero-order chi connectivity index (χ0) is 17.8. The lowest BCUT2D eigenvalue weighted by molar-refractivity contribution is -0.107. The molecule has 126 valence electrons. The van der Waals surface area contributed by atoms with E-state index in [2.05, 4.69) is 20.9 Å². The van der Waals surface area contributed by atoms with E-state index in [-0.39, 0.29) is 11.3 Å². The Morgan fingerprint density at radius 2 is 1.39 bits per heavy atom. The normalized spacial score (nSPS) is 11.7. The lowest BCUT2D eigenvalue weighted by Gasteiger charge is -2.31. The first-order chi connectivity index (χ1) is 10.4. The van der Waals surface area contributed by atoms with Gasteiger partial charge in [0.25, 0.3) is 0 Å². The highest BCUT2D eigenvalue weighted by molar-refractivity contribution is 9.10. The van der Waals surface area contributed by atoms with Crippen LogP contribution in [0.2, 0.25) is 0 Å². The molecule has 0 radical (unpaired) electrons. The molecule has 0 bridgehead atoms. The van der Waals surface area contributed by atoms with Crippen molar-refractivity contribution in [1.29, 1.82) is 0 Å². The van der Waals surface area contributed by atoms with E-state index in [0.717, 1.165) is 4.47 Å². The fourth-order valence-electron chi connectivity index (χ4n) is 1.27. The number of aromatic nitrogens is 1. The van der Waals surface area contributed by atoms with Crippen molar-refractivity contribution in [3.05, 3.63) is 52.6 Å². The zero-order valence-electron chi connectivity index (χ0n) is 13.4. The number of hydrogen-bond donors (Lipinski definition) is 2. The molecule has 0 unspecified atom stereocenters. The van der Waals surface area contributed by atoms with Crippen LogP contribution in [-0.2, 0) is 0 Å². The topological polar surface area (TPSA) is 53.4 Å². The molecule has 6 heteroatoms. The molecule has 0 fully saturated rings. The van der Waals surface area contributed by atoms with Crippen LogP contribution < -0.4 is 0 Å². The van der Waals surface area contributed by atoms with Crippen molar-refractivity contribution < 1.29 is 19.0 Å². The number of rotatable bonds is 2. The molecule has 2 aromatic rings. The summed E-state index contributed by atoms with van der Waals surface area (Å²) >= 11 is 3.21. The zero-order valence-corrected chi connectivity index (χ0v) is 15.0. The van der Waals surface area contributed by atoms with Gasteiger partial charge in [-0.2, -0.15) is 0 Å². The van der Waals surface area contributed by atoms with Gasteiger partial charge in [0.05, 0.1) is 22.5 Å². The molecule has 3 nitrogen and oxygen atoms in total. The maximum Gasteiger partial charge on any atom is 0.135 e. The van der Waals surface area contributed by atoms with Crippen LogP contribution in [0.25, 0.3) is 11.3 Å². The van der Waals surface area contributed by atoms with Gasteiger partial charge in [0.15, 0.2) is 0 Å². The molecule has 0 aliphatic heterocycles. The molecule has 0 saturated heterocycles. The van der Waals surface area contributed by atoms with Crippen molar-refractivity contribution in [3.8, 4) is 11.3 Å². The van der Waals surface area contributed by atoms with E-state index in [1.54, 1.807) is 39.8 Å². The molecule has 0 aliphatic rings. The van der Waals surface area contributed by atoms with E-state index in [9.17, 15) is 8.78 Å². The van der Waals surface area contributed by atoms with Crippen molar-refractivity contribution in [2.75, 3.05) is 0 Å². The minimum atomic E-state index is -1.01. The van der Waals surface area contributed by atoms with Gasteiger partial charge in [0.2, 0.25) is 0 Å². The fourth-order valence-corrected chi connectivity index (χ4v) is 1.50. The minimum Gasteiger partial charge on any atom is -0.387 e. The fraction of sp³-hybridized carbons (Fsp3) is 0.353. The maximum atomic E-state index is 13.3.